The van der Waals surface area contributed by atoms with Crippen LogP contribution in [0.2, 0.25) is 0 Å². The molecule has 0 bridgehead atoms. The maximum absolute atomic E-state index is 12.2. The van der Waals surface area contributed by atoms with Crippen LogP contribution >= 0.6 is 11.3 Å². The Morgan fingerprint density at radius 3 is 2.77 bits per heavy atom. The van der Waals surface area contributed by atoms with Gasteiger partial charge in [0, 0.05) is 17.5 Å². The predicted octanol–water partition coefficient (Wildman–Crippen LogP) is 3.51. The highest BCUT2D eigenvalue weighted by Crippen LogP contribution is 2.49. The molecule has 2 aromatic heterocycles. The maximum atomic E-state index is 12.2. The summed E-state index contributed by atoms with van der Waals surface area (Å²) in [6.07, 6.45) is 0.0542. The van der Waals surface area contributed by atoms with E-state index in [2.05, 4.69) is 0 Å². The Labute approximate surface area is 151 Å². The molecule has 0 saturated carbocycles. The van der Waals surface area contributed by atoms with Crippen LogP contribution < -0.4 is 10.4 Å². The fourth-order valence-electron chi connectivity index (χ4n) is 3.49. The molecule has 3 heterocycles. The van der Waals surface area contributed by atoms with Gasteiger partial charge in [-0.15, -0.1) is 0 Å². The fourth-order valence-corrected chi connectivity index (χ4v) is 4.21. The topological polar surface area (TPSA) is 93.8 Å². The third-order valence-corrected chi connectivity index (χ3v) is 5.28. The number of ketones is 1. The molecule has 1 aromatic carbocycles. The number of carbonyl (C=O) groups excluding carboxylic acids is 2. The minimum absolute atomic E-state index is 0.0244. The maximum Gasteiger partial charge on any atom is 0.336 e. The Morgan fingerprint density at radius 1 is 1.35 bits per heavy atom. The van der Waals surface area contributed by atoms with Gasteiger partial charge in [-0.2, -0.15) is 11.3 Å². The summed E-state index contributed by atoms with van der Waals surface area (Å²) in [6.45, 7) is 2.95. The largest absolute Gasteiger partial charge is 0.506 e. The minimum atomic E-state index is -0.576. The zero-order valence-electron chi connectivity index (χ0n) is 14.0. The first-order valence-electron chi connectivity index (χ1n) is 7.95. The van der Waals surface area contributed by atoms with E-state index in [-0.39, 0.29) is 34.5 Å². The lowest BCUT2D eigenvalue weighted by Gasteiger charge is -2.27. The number of aryl methyl sites for hydroxylation is 1. The first kappa shape index (κ1) is 16.5. The van der Waals surface area contributed by atoms with Crippen molar-refractivity contribution in [3.05, 3.63) is 55.6 Å². The average Bonchev–Trinajstić information content (AvgIpc) is 3.07. The van der Waals surface area contributed by atoms with Crippen LogP contribution in [-0.4, -0.2) is 16.9 Å². The van der Waals surface area contributed by atoms with Crippen LogP contribution in [0.3, 0.4) is 0 Å². The molecule has 1 aliphatic rings. The van der Waals surface area contributed by atoms with Gasteiger partial charge in [-0.1, -0.05) is 0 Å². The Hall–Kier alpha value is -2.93. The molecular weight excluding hydrogens is 356 g/mol. The molecule has 0 saturated heterocycles. The Morgan fingerprint density at radius 2 is 2.12 bits per heavy atom. The summed E-state index contributed by atoms with van der Waals surface area (Å²) >= 11 is 1.47. The van der Waals surface area contributed by atoms with Crippen LogP contribution in [-0.2, 0) is 4.79 Å². The van der Waals surface area contributed by atoms with Gasteiger partial charge in [0.1, 0.15) is 16.9 Å². The molecule has 0 amide bonds. The van der Waals surface area contributed by atoms with E-state index in [0.29, 0.717) is 11.1 Å². The number of hydrogen-bond acceptors (Lipinski definition) is 7. The predicted molar refractivity (Wildman–Crippen MR) is 95.3 cm³/mol. The zero-order valence-corrected chi connectivity index (χ0v) is 14.8. The summed E-state index contributed by atoms with van der Waals surface area (Å²) in [4.78, 5) is 36.4. The van der Waals surface area contributed by atoms with E-state index in [4.69, 9.17) is 9.15 Å². The molecule has 1 atom stereocenters. The summed E-state index contributed by atoms with van der Waals surface area (Å²) in [5.41, 5.74) is 1.29. The SMILES string of the molecule is CC(=O)c1c2c(c3oc(=O)cc(C)c3c1O)[C@H](c1ccsc1)CC(=O)O2. The van der Waals surface area contributed by atoms with Crippen molar-refractivity contribution in [1.82, 2.24) is 0 Å². The summed E-state index contributed by atoms with van der Waals surface area (Å²) in [6, 6.07) is 3.13. The van der Waals surface area contributed by atoms with Crippen LogP contribution in [0.15, 0.2) is 32.1 Å². The summed E-state index contributed by atoms with van der Waals surface area (Å²) in [5, 5.41) is 14.7. The summed E-state index contributed by atoms with van der Waals surface area (Å²) in [5.74, 6) is -1.74. The molecule has 7 heteroatoms. The van der Waals surface area contributed by atoms with Gasteiger partial charge in [-0.3, -0.25) is 9.59 Å². The third-order valence-electron chi connectivity index (χ3n) is 4.58. The Balaban J connectivity index is 2.22. The minimum Gasteiger partial charge on any atom is -0.506 e. The van der Waals surface area contributed by atoms with E-state index < -0.39 is 23.3 Å². The molecule has 132 valence electrons. The first-order valence-corrected chi connectivity index (χ1v) is 8.89. The fraction of sp³-hybridized carbons (Fsp3) is 0.211. The van der Waals surface area contributed by atoms with Crippen molar-refractivity contribution in [1.29, 1.82) is 0 Å². The molecule has 0 spiro atoms. The van der Waals surface area contributed by atoms with E-state index in [9.17, 15) is 19.5 Å². The molecule has 26 heavy (non-hydrogen) atoms. The highest BCUT2D eigenvalue weighted by molar-refractivity contribution is 7.08. The third kappa shape index (κ3) is 2.35. The van der Waals surface area contributed by atoms with Gasteiger partial charge in [-0.25, -0.2) is 4.79 Å². The van der Waals surface area contributed by atoms with Crippen LogP contribution in [0.25, 0.3) is 11.0 Å². The van der Waals surface area contributed by atoms with Crippen LogP contribution in [0.4, 0.5) is 0 Å². The molecule has 0 radical (unpaired) electrons. The van der Waals surface area contributed by atoms with Gasteiger partial charge in [0.2, 0.25) is 0 Å². The van der Waals surface area contributed by atoms with Crippen molar-refractivity contribution in [2.45, 2.75) is 26.2 Å². The average molecular weight is 370 g/mol. The van der Waals surface area contributed by atoms with Crippen molar-refractivity contribution < 1.29 is 23.8 Å². The van der Waals surface area contributed by atoms with Gasteiger partial charge >= 0.3 is 11.6 Å². The van der Waals surface area contributed by atoms with Crippen LogP contribution in [0.1, 0.15) is 46.3 Å². The highest BCUT2D eigenvalue weighted by atomic mass is 32.1. The molecule has 1 N–H and O–H groups in total. The smallest absolute Gasteiger partial charge is 0.336 e. The van der Waals surface area contributed by atoms with E-state index in [1.807, 2.05) is 16.8 Å². The van der Waals surface area contributed by atoms with Crippen molar-refractivity contribution in [3.63, 3.8) is 0 Å². The van der Waals surface area contributed by atoms with E-state index in [0.717, 1.165) is 5.56 Å². The van der Waals surface area contributed by atoms with Gasteiger partial charge in [0.25, 0.3) is 0 Å². The monoisotopic (exact) mass is 370 g/mol. The number of rotatable bonds is 2. The normalized spacial score (nSPS) is 16.4. The number of aromatic hydroxyl groups is 1. The molecule has 3 aromatic rings. The Kier molecular flexibility index (Phi) is 3.69. The molecule has 0 unspecified atom stereocenters. The summed E-state index contributed by atoms with van der Waals surface area (Å²) in [7, 11) is 0. The number of benzene rings is 1. The van der Waals surface area contributed by atoms with Crippen molar-refractivity contribution in [2.24, 2.45) is 0 Å². The second-order valence-electron chi connectivity index (χ2n) is 6.26. The van der Waals surface area contributed by atoms with Crippen LogP contribution in [0.5, 0.6) is 11.5 Å². The number of hydrogen-bond donors (Lipinski definition) is 1. The van der Waals surface area contributed by atoms with Gasteiger partial charge < -0.3 is 14.3 Å². The first-order chi connectivity index (χ1) is 12.4. The van der Waals surface area contributed by atoms with Gasteiger partial charge in [0.05, 0.1) is 11.8 Å². The highest BCUT2D eigenvalue weighted by Gasteiger charge is 2.37. The number of ether oxygens (including phenoxy) is 1. The number of phenols is 1. The van der Waals surface area contributed by atoms with Crippen molar-refractivity contribution in [2.75, 3.05) is 0 Å². The number of thiophene rings is 1. The number of fused-ring (bicyclic) bond motifs is 3. The van der Waals surface area contributed by atoms with E-state index >= 15 is 0 Å². The lowest BCUT2D eigenvalue weighted by molar-refractivity contribution is -0.135. The van der Waals surface area contributed by atoms with E-state index in [1.54, 1.807) is 6.92 Å². The van der Waals surface area contributed by atoms with Crippen molar-refractivity contribution >= 4 is 34.1 Å². The second kappa shape index (κ2) is 5.81. The quantitative estimate of drug-likeness (QED) is 0.321. The summed E-state index contributed by atoms with van der Waals surface area (Å²) < 4.78 is 10.7. The molecule has 1 aliphatic heterocycles. The number of carbonyl (C=O) groups is 2. The second-order valence-corrected chi connectivity index (χ2v) is 7.04. The molecule has 0 aliphatic carbocycles. The lowest BCUT2D eigenvalue weighted by atomic mass is 9.84. The standard InChI is InChI=1S/C19H14O6S/c1-8-5-12(21)24-18-14(8)17(23)15(9(2)20)19-16(18)11(6-13(22)25-19)10-3-4-26-7-10/h3-5,7,11,23H,6H2,1-2H3/t11-/m0/s1. The number of Topliss-reactive ketones (excluding diaryl/α,β-unsaturated/α-hetero) is 1. The molecule has 4 rings (SSSR count). The zero-order chi connectivity index (χ0) is 18.6. The lowest BCUT2D eigenvalue weighted by Crippen LogP contribution is -2.23. The molecule has 6 nitrogen and oxygen atoms in total. The number of esters is 1. The molecule has 0 fully saturated rings. The Bertz CT molecular complexity index is 1120. The van der Waals surface area contributed by atoms with Crippen LogP contribution in [0, 0.1) is 6.92 Å². The molecular formula is C19H14O6S. The van der Waals surface area contributed by atoms with Gasteiger partial charge in [0.15, 0.2) is 11.5 Å². The number of phenolic OH excluding ortho intramolecular Hbond substituents is 1. The van der Waals surface area contributed by atoms with Gasteiger partial charge in [-0.05, 0) is 41.8 Å². The van der Waals surface area contributed by atoms with E-state index in [1.165, 1.54) is 24.3 Å². The van der Waals surface area contributed by atoms with Crippen molar-refractivity contribution in [3.8, 4) is 11.5 Å².